The predicted octanol–water partition coefficient (Wildman–Crippen LogP) is 3.68. The summed E-state index contributed by atoms with van der Waals surface area (Å²) in [7, 11) is 1.65. The minimum absolute atomic E-state index is 0. The van der Waals surface area contributed by atoms with Gasteiger partial charge in [-0.3, -0.25) is 9.79 Å². The van der Waals surface area contributed by atoms with E-state index in [1.54, 1.807) is 7.05 Å². The Balaban J connectivity index is 0.00000480. The molecule has 2 aromatic carbocycles. The van der Waals surface area contributed by atoms with E-state index in [9.17, 15) is 4.79 Å². The summed E-state index contributed by atoms with van der Waals surface area (Å²) >= 11 is 0. The van der Waals surface area contributed by atoms with E-state index in [4.69, 9.17) is 4.99 Å². The Labute approximate surface area is 203 Å². The number of halogens is 1. The molecule has 0 saturated carbocycles. The molecule has 0 fully saturated rings. The summed E-state index contributed by atoms with van der Waals surface area (Å²) in [6, 6.07) is 18.2. The molecule has 0 radical (unpaired) electrons. The van der Waals surface area contributed by atoms with Crippen molar-refractivity contribution in [2.75, 3.05) is 44.7 Å². The number of aliphatic imine (C=N–C) groups is 1. The largest absolute Gasteiger partial charge is 0.372 e. The van der Waals surface area contributed by atoms with Crippen molar-refractivity contribution in [3.8, 4) is 0 Å². The van der Waals surface area contributed by atoms with Crippen LogP contribution in [0.25, 0.3) is 0 Å². The van der Waals surface area contributed by atoms with Crippen LogP contribution in [-0.2, 0) is 6.42 Å². The third-order valence-electron chi connectivity index (χ3n) is 4.83. The minimum atomic E-state index is -0.0589. The van der Waals surface area contributed by atoms with Gasteiger partial charge in [0.1, 0.15) is 0 Å². The molecule has 0 aromatic heterocycles. The number of nitrogens with one attached hydrogen (secondary N) is 3. The maximum Gasteiger partial charge on any atom is 0.251 e. The number of para-hydroxylation sites is 1. The molecule has 31 heavy (non-hydrogen) atoms. The van der Waals surface area contributed by atoms with Gasteiger partial charge in [-0.05, 0) is 56.5 Å². The smallest absolute Gasteiger partial charge is 0.251 e. The fourth-order valence-electron chi connectivity index (χ4n) is 3.24. The number of anilines is 1. The van der Waals surface area contributed by atoms with Gasteiger partial charge in [0.05, 0.1) is 0 Å². The number of hydrogen-bond donors (Lipinski definition) is 3. The Morgan fingerprint density at radius 1 is 1.03 bits per heavy atom. The molecule has 0 spiro atoms. The summed E-state index contributed by atoms with van der Waals surface area (Å²) < 4.78 is 0. The van der Waals surface area contributed by atoms with Crippen molar-refractivity contribution in [3.63, 3.8) is 0 Å². The molecule has 0 aliphatic heterocycles. The van der Waals surface area contributed by atoms with Gasteiger partial charge in [0.15, 0.2) is 5.96 Å². The van der Waals surface area contributed by atoms with Gasteiger partial charge in [-0.2, -0.15) is 0 Å². The van der Waals surface area contributed by atoms with Crippen molar-refractivity contribution < 1.29 is 4.79 Å². The van der Waals surface area contributed by atoms with Gasteiger partial charge >= 0.3 is 0 Å². The van der Waals surface area contributed by atoms with Gasteiger partial charge in [0.2, 0.25) is 0 Å². The first-order chi connectivity index (χ1) is 14.7. The monoisotopic (exact) mass is 537 g/mol. The number of amides is 1. The molecule has 1 amide bonds. The summed E-state index contributed by atoms with van der Waals surface area (Å²) in [6.45, 7) is 8.57. The SMILES string of the molecule is CCNC(=NCCCN(CC)c1ccccc1)NCCc1cccc(C(=O)NC)c1.I. The quantitative estimate of drug-likeness (QED) is 0.177. The molecule has 2 aromatic rings. The van der Waals surface area contributed by atoms with Gasteiger partial charge in [-0.25, -0.2) is 0 Å². The molecule has 170 valence electrons. The molecule has 0 bridgehead atoms. The standard InChI is InChI=1S/C24H35N5O.HI/c1-4-26-24(27-16-10-18-29(5-2)22-13-7-6-8-14-22)28-17-15-20-11-9-12-21(19-20)23(30)25-3;/h6-9,11-14,19H,4-5,10,15-18H2,1-3H3,(H,25,30)(H2,26,27,28);1H. The number of guanidine groups is 1. The van der Waals surface area contributed by atoms with Crippen LogP contribution >= 0.6 is 24.0 Å². The topological polar surface area (TPSA) is 68.8 Å². The predicted molar refractivity (Wildman–Crippen MR) is 142 cm³/mol. The molecule has 0 heterocycles. The van der Waals surface area contributed by atoms with E-state index < -0.39 is 0 Å². The maximum atomic E-state index is 11.8. The second-order valence-electron chi connectivity index (χ2n) is 6.99. The first-order valence-corrected chi connectivity index (χ1v) is 10.8. The van der Waals surface area contributed by atoms with Crippen LogP contribution in [0.15, 0.2) is 59.6 Å². The van der Waals surface area contributed by atoms with E-state index >= 15 is 0 Å². The first kappa shape index (κ1) is 26.7. The van der Waals surface area contributed by atoms with Crippen molar-refractivity contribution in [3.05, 3.63) is 65.7 Å². The number of carbonyl (C=O) groups is 1. The van der Waals surface area contributed by atoms with Crippen LogP contribution in [0.2, 0.25) is 0 Å². The molecule has 6 nitrogen and oxygen atoms in total. The summed E-state index contributed by atoms with van der Waals surface area (Å²) in [5, 5.41) is 9.36. The molecule has 3 N–H and O–H groups in total. The van der Waals surface area contributed by atoms with E-state index in [1.165, 1.54) is 5.69 Å². The third kappa shape index (κ3) is 9.59. The Morgan fingerprint density at radius 3 is 2.48 bits per heavy atom. The lowest BCUT2D eigenvalue weighted by atomic mass is 10.1. The van der Waals surface area contributed by atoms with Crippen molar-refractivity contribution >= 4 is 41.5 Å². The van der Waals surface area contributed by atoms with Crippen LogP contribution in [-0.4, -0.2) is 51.6 Å². The summed E-state index contributed by atoms with van der Waals surface area (Å²) in [6.07, 6.45) is 1.82. The van der Waals surface area contributed by atoms with E-state index in [1.807, 2.05) is 30.3 Å². The average molecular weight is 537 g/mol. The third-order valence-corrected chi connectivity index (χ3v) is 4.83. The van der Waals surface area contributed by atoms with Crippen LogP contribution in [0.4, 0.5) is 5.69 Å². The van der Waals surface area contributed by atoms with E-state index in [-0.39, 0.29) is 29.9 Å². The number of benzene rings is 2. The van der Waals surface area contributed by atoms with Crippen molar-refractivity contribution in [1.82, 2.24) is 16.0 Å². The van der Waals surface area contributed by atoms with Crippen molar-refractivity contribution in [2.45, 2.75) is 26.7 Å². The first-order valence-electron chi connectivity index (χ1n) is 10.8. The Hall–Kier alpha value is -2.29. The molecule has 0 aliphatic rings. The lowest BCUT2D eigenvalue weighted by Gasteiger charge is -2.22. The Kier molecular flexibility index (Phi) is 13.4. The van der Waals surface area contributed by atoms with Gasteiger partial charge in [0, 0.05) is 51.0 Å². The van der Waals surface area contributed by atoms with E-state index in [0.29, 0.717) is 5.56 Å². The summed E-state index contributed by atoms with van der Waals surface area (Å²) in [5.41, 5.74) is 3.07. The second kappa shape index (κ2) is 15.5. The molecular weight excluding hydrogens is 501 g/mol. The highest BCUT2D eigenvalue weighted by molar-refractivity contribution is 14.0. The number of rotatable bonds is 11. The van der Waals surface area contributed by atoms with Gasteiger partial charge < -0.3 is 20.9 Å². The van der Waals surface area contributed by atoms with Crippen LogP contribution in [0, 0.1) is 0 Å². The number of hydrogen-bond acceptors (Lipinski definition) is 3. The second-order valence-corrected chi connectivity index (χ2v) is 6.99. The zero-order chi connectivity index (χ0) is 21.6. The fraction of sp³-hybridized carbons (Fsp3) is 0.417. The minimum Gasteiger partial charge on any atom is -0.372 e. The van der Waals surface area contributed by atoms with Crippen molar-refractivity contribution in [2.24, 2.45) is 4.99 Å². The number of nitrogens with zero attached hydrogens (tertiary/aromatic N) is 2. The zero-order valence-corrected chi connectivity index (χ0v) is 21.2. The molecule has 0 unspecified atom stereocenters. The van der Waals surface area contributed by atoms with Gasteiger partial charge in [-0.1, -0.05) is 30.3 Å². The lowest BCUT2D eigenvalue weighted by molar-refractivity contribution is 0.0963. The number of carbonyl (C=O) groups excluding carboxylic acids is 1. The lowest BCUT2D eigenvalue weighted by Crippen LogP contribution is -2.38. The maximum absolute atomic E-state index is 11.8. The Bertz CT molecular complexity index is 798. The normalized spacial score (nSPS) is 10.7. The van der Waals surface area contributed by atoms with Crippen LogP contribution in [0.1, 0.15) is 36.2 Å². The molecule has 0 saturated heterocycles. The highest BCUT2D eigenvalue weighted by atomic mass is 127. The highest BCUT2D eigenvalue weighted by Gasteiger charge is 2.05. The highest BCUT2D eigenvalue weighted by Crippen LogP contribution is 2.12. The molecule has 0 aliphatic carbocycles. The van der Waals surface area contributed by atoms with Crippen LogP contribution < -0.4 is 20.9 Å². The summed E-state index contributed by atoms with van der Waals surface area (Å²) in [5.74, 6) is 0.777. The molecule has 0 atom stereocenters. The molecule has 2 rings (SSSR count). The Morgan fingerprint density at radius 2 is 1.81 bits per heavy atom. The molecule has 7 heteroatoms. The average Bonchev–Trinajstić information content (AvgIpc) is 2.79. The van der Waals surface area contributed by atoms with Crippen molar-refractivity contribution in [1.29, 1.82) is 0 Å². The van der Waals surface area contributed by atoms with Crippen LogP contribution in [0.5, 0.6) is 0 Å². The van der Waals surface area contributed by atoms with E-state index in [2.05, 4.69) is 59.0 Å². The van der Waals surface area contributed by atoms with E-state index in [0.717, 1.165) is 57.1 Å². The summed E-state index contributed by atoms with van der Waals surface area (Å²) in [4.78, 5) is 18.9. The fourth-order valence-corrected chi connectivity index (χ4v) is 3.24. The zero-order valence-electron chi connectivity index (χ0n) is 18.9. The van der Waals surface area contributed by atoms with Crippen LogP contribution in [0.3, 0.4) is 0 Å². The van der Waals surface area contributed by atoms with Gasteiger partial charge in [-0.15, -0.1) is 24.0 Å². The molecular formula is C24H36IN5O. The van der Waals surface area contributed by atoms with Gasteiger partial charge in [0.25, 0.3) is 5.91 Å².